The molecule has 1 aliphatic carbocycles. The number of carbonyl (C=O) groups is 1. The third kappa shape index (κ3) is 2.47. The van der Waals surface area contributed by atoms with Crippen molar-refractivity contribution in [1.82, 2.24) is 5.32 Å². The van der Waals surface area contributed by atoms with Crippen molar-refractivity contribution >= 4 is 5.91 Å². The first-order valence-electron chi connectivity index (χ1n) is 5.26. The van der Waals surface area contributed by atoms with Crippen LogP contribution in [0.4, 0.5) is 0 Å². The van der Waals surface area contributed by atoms with Crippen LogP contribution in [0.1, 0.15) is 46.0 Å². The van der Waals surface area contributed by atoms with Crippen molar-refractivity contribution < 1.29 is 4.79 Å². The summed E-state index contributed by atoms with van der Waals surface area (Å²) in [6.45, 7) is 4.26. The van der Waals surface area contributed by atoms with Gasteiger partial charge in [0, 0.05) is 5.54 Å². The minimum Gasteiger partial charge on any atom is -0.350 e. The van der Waals surface area contributed by atoms with Crippen molar-refractivity contribution in [3.63, 3.8) is 0 Å². The van der Waals surface area contributed by atoms with Crippen LogP contribution in [-0.2, 0) is 4.79 Å². The molecule has 2 unspecified atom stereocenters. The third-order valence-corrected chi connectivity index (χ3v) is 3.34. The van der Waals surface area contributed by atoms with Gasteiger partial charge in [0.05, 0.1) is 6.07 Å². The summed E-state index contributed by atoms with van der Waals surface area (Å²) in [6.07, 6.45) is 4.61. The van der Waals surface area contributed by atoms with Crippen LogP contribution in [0.3, 0.4) is 0 Å². The fourth-order valence-electron chi connectivity index (χ4n) is 2.13. The van der Waals surface area contributed by atoms with Gasteiger partial charge in [-0.15, -0.1) is 0 Å². The molecule has 1 saturated carbocycles. The molecule has 2 atom stereocenters. The summed E-state index contributed by atoms with van der Waals surface area (Å²) >= 11 is 0. The Bertz CT molecular complexity index is 257. The molecule has 78 valence electrons. The SMILES string of the molecule is CC1CCCCC1(C)NC(=O)CC#N. The van der Waals surface area contributed by atoms with Crippen molar-refractivity contribution in [2.24, 2.45) is 5.92 Å². The molecule has 0 aromatic heterocycles. The molecular formula is C11H18N2O. The number of amides is 1. The maximum absolute atomic E-state index is 11.3. The Balaban J connectivity index is 2.55. The number of nitrogens with one attached hydrogen (secondary N) is 1. The van der Waals surface area contributed by atoms with Crippen molar-refractivity contribution in [2.75, 3.05) is 0 Å². The summed E-state index contributed by atoms with van der Waals surface area (Å²) in [6, 6.07) is 1.88. The zero-order chi connectivity index (χ0) is 10.6. The van der Waals surface area contributed by atoms with E-state index in [0.29, 0.717) is 5.92 Å². The second kappa shape index (κ2) is 4.45. The zero-order valence-electron chi connectivity index (χ0n) is 8.97. The Kier molecular flexibility index (Phi) is 3.51. The molecule has 0 radical (unpaired) electrons. The first-order chi connectivity index (χ1) is 6.58. The van der Waals surface area contributed by atoms with Gasteiger partial charge in [-0.3, -0.25) is 4.79 Å². The van der Waals surface area contributed by atoms with Gasteiger partial charge in [-0.25, -0.2) is 0 Å². The number of hydrogen-bond donors (Lipinski definition) is 1. The van der Waals surface area contributed by atoms with Crippen LogP contribution in [0.2, 0.25) is 0 Å². The molecule has 1 amide bonds. The van der Waals surface area contributed by atoms with Gasteiger partial charge in [0.1, 0.15) is 6.42 Å². The van der Waals surface area contributed by atoms with Crippen molar-refractivity contribution in [3.05, 3.63) is 0 Å². The average Bonchev–Trinajstić information content (AvgIpc) is 2.10. The first kappa shape index (κ1) is 11.0. The highest BCUT2D eigenvalue weighted by Gasteiger charge is 2.34. The lowest BCUT2D eigenvalue weighted by Gasteiger charge is -2.40. The lowest BCUT2D eigenvalue weighted by molar-refractivity contribution is -0.122. The maximum atomic E-state index is 11.3. The summed E-state index contributed by atoms with van der Waals surface area (Å²) in [5.41, 5.74) is -0.0911. The van der Waals surface area contributed by atoms with E-state index >= 15 is 0 Å². The number of nitriles is 1. The summed E-state index contributed by atoms with van der Waals surface area (Å²) in [7, 11) is 0. The quantitative estimate of drug-likeness (QED) is 0.730. The molecule has 14 heavy (non-hydrogen) atoms. The van der Waals surface area contributed by atoms with Crippen LogP contribution in [0.5, 0.6) is 0 Å². The van der Waals surface area contributed by atoms with Gasteiger partial charge in [0.15, 0.2) is 0 Å². The number of carbonyl (C=O) groups excluding carboxylic acids is 1. The van der Waals surface area contributed by atoms with Gasteiger partial charge in [0.25, 0.3) is 0 Å². The molecule has 1 rings (SSSR count). The monoisotopic (exact) mass is 194 g/mol. The van der Waals surface area contributed by atoms with E-state index in [4.69, 9.17) is 5.26 Å². The van der Waals surface area contributed by atoms with E-state index in [1.165, 1.54) is 19.3 Å². The predicted molar refractivity (Wildman–Crippen MR) is 54.4 cm³/mol. The summed E-state index contributed by atoms with van der Waals surface area (Å²) in [4.78, 5) is 11.3. The largest absolute Gasteiger partial charge is 0.350 e. The summed E-state index contributed by atoms with van der Waals surface area (Å²) in [5, 5.41) is 11.4. The summed E-state index contributed by atoms with van der Waals surface area (Å²) in [5.74, 6) is 0.377. The highest BCUT2D eigenvalue weighted by atomic mass is 16.1. The molecule has 0 spiro atoms. The van der Waals surface area contributed by atoms with E-state index in [1.807, 2.05) is 6.07 Å². The Morgan fingerprint density at radius 1 is 1.64 bits per heavy atom. The van der Waals surface area contributed by atoms with E-state index in [0.717, 1.165) is 6.42 Å². The molecule has 0 aromatic rings. The minimum absolute atomic E-state index is 0.0255. The molecule has 0 aliphatic heterocycles. The molecule has 3 nitrogen and oxygen atoms in total. The molecule has 0 bridgehead atoms. The van der Waals surface area contributed by atoms with E-state index in [9.17, 15) is 4.79 Å². The molecule has 1 N–H and O–H groups in total. The molecule has 1 aliphatic rings. The third-order valence-electron chi connectivity index (χ3n) is 3.34. The molecule has 0 heterocycles. The average molecular weight is 194 g/mol. The Hall–Kier alpha value is -1.04. The van der Waals surface area contributed by atoms with Crippen LogP contribution in [0.25, 0.3) is 0 Å². The number of hydrogen-bond acceptors (Lipinski definition) is 2. The molecule has 3 heteroatoms. The van der Waals surface area contributed by atoms with E-state index in [-0.39, 0.29) is 17.9 Å². The topological polar surface area (TPSA) is 52.9 Å². The second-order valence-electron chi connectivity index (χ2n) is 4.45. The molecule has 0 saturated heterocycles. The Labute approximate surface area is 85.5 Å². The second-order valence-corrected chi connectivity index (χ2v) is 4.45. The Morgan fingerprint density at radius 2 is 2.36 bits per heavy atom. The fourth-order valence-corrected chi connectivity index (χ4v) is 2.13. The lowest BCUT2D eigenvalue weighted by atomic mass is 9.75. The van der Waals surface area contributed by atoms with E-state index < -0.39 is 0 Å². The van der Waals surface area contributed by atoms with E-state index in [1.54, 1.807) is 0 Å². The van der Waals surface area contributed by atoms with Crippen LogP contribution in [0.15, 0.2) is 0 Å². The smallest absolute Gasteiger partial charge is 0.234 e. The Morgan fingerprint density at radius 3 is 2.93 bits per heavy atom. The van der Waals surface area contributed by atoms with Crippen LogP contribution in [-0.4, -0.2) is 11.4 Å². The number of nitrogens with zero attached hydrogens (tertiary/aromatic N) is 1. The maximum Gasteiger partial charge on any atom is 0.234 e. The molecule has 0 aromatic carbocycles. The van der Waals surface area contributed by atoms with Crippen LogP contribution < -0.4 is 5.32 Å². The first-order valence-corrected chi connectivity index (χ1v) is 5.26. The van der Waals surface area contributed by atoms with Gasteiger partial charge in [-0.1, -0.05) is 19.8 Å². The van der Waals surface area contributed by atoms with Gasteiger partial charge in [-0.05, 0) is 25.7 Å². The van der Waals surface area contributed by atoms with E-state index in [2.05, 4.69) is 19.2 Å². The van der Waals surface area contributed by atoms with Gasteiger partial charge < -0.3 is 5.32 Å². The van der Waals surface area contributed by atoms with Gasteiger partial charge in [-0.2, -0.15) is 5.26 Å². The fraction of sp³-hybridized carbons (Fsp3) is 0.818. The van der Waals surface area contributed by atoms with Crippen LogP contribution in [0, 0.1) is 17.2 Å². The lowest BCUT2D eigenvalue weighted by Crippen LogP contribution is -2.52. The van der Waals surface area contributed by atoms with Crippen molar-refractivity contribution in [1.29, 1.82) is 5.26 Å². The molecule has 1 fully saturated rings. The highest BCUT2D eigenvalue weighted by molar-refractivity contribution is 5.78. The number of rotatable bonds is 2. The predicted octanol–water partition coefficient (Wildman–Crippen LogP) is 1.99. The standard InChI is InChI=1S/C11H18N2O/c1-9-5-3-4-7-11(9,2)13-10(14)6-8-12/h9H,3-7H2,1-2H3,(H,13,14). The van der Waals surface area contributed by atoms with Crippen molar-refractivity contribution in [2.45, 2.75) is 51.5 Å². The minimum atomic E-state index is -0.135. The van der Waals surface area contributed by atoms with Crippen LogP contribution >= 0.6 is 0 Å². The summed E-state index contributed by atoms with van der Waals surface area (Å²) < 4.78 is 0. The van der Waals surface area contributed by atoms with Gasteiger partial charge in [0.2, 0.25) is 5.91 Å². The van der Waals surface area contributed by atoms with Gasteiger partial charge >= 0.3 is 0 Å². The normalized spacial score (nSPS) is 31.9. The highest BCUT2D eigenvalue weighted by Crippen LogP contribution is 2.33. The van der Waals surface area contributed by atoms with Crippen molar-refractivity contribution in [3.8, 4) is 6.07 Å². The molecular weight excluding hydrogens is 176 g/mol. The zero-order valence-corrected chi connectivity index (χ0v) is 8.97.